The van der Waals surface area contributed by atoms with Gasteiger partial charge in [0.25, 0.3) is 0 Å². The van der Waals surface area contributed by atoms with Crippen molar-refractivity contribution in [3.05, 3.63) is 54.1 Å². The number of fused-ring (bicyclic) bond motifs is 7. The van der Waals surface area contributed by atoms with Gasteiger partial charge in [0.2, 0.25) is 0 Å². The summed E-state index contributed by atoms with van der Waals surface area (Å²) >= 11 is 0. The van der Waals surface area contributed by atoms with E-state index in [-0.39, 0.29) is 33.6 Å². The fraction of sp³-hybridized carbons (Fsp3) is 0.562. The molecule has 0 aromatic heterocycles. The third kappa shape index (κ3) is 8.33. The summed E-state index contributed by atoms with van der Waals surface area (Å²) in [5, 5.41) is 20.6. The molecule has 4 saturated carbocycles. The maximum atomic E-state index is 14.0. The molecule has 1 aromatic rings. The maximum absolute atomic E-state index is 14.0. The molecule has 3 N–H and O–H groups in total. The molecule has 5 aliphatic carbocycles. The summed E-state index contributed by atoms with van der Waals surface area (Å²) in [6.45, 7) is 17.7. The molecule has 0 radical (unpaired) electrons. The first kappa shape index (κ1) is 49.2. The fourth-order valence-corrected chi connectivity index (χ4v) is 12.4. The van der Waals surface area contributed by atoms with E-state index in [4.69, 9.17) is 5.11 Å². The van der Waals surface area contributed by atoms with Gasteiger partial charge < -0.3 is 15.5 Å². The molecule has 0 heterocycles. The summed E-state index contributed by atoms with van der Waals surface area (Å²) < 4.78 is 27.9. The van der Waals surface area contributed by atoms with Gasteiger partial charge >= 0.3 is 23.8 Å². The van der Waals surface area contributed by atoms with E-state index in [1.54, 1.807) is 18.2 Å². The topological polar surface area (TPSA) is 104 Å². The van der Waals surface area contributed by atoms with Crippen LogP contribution in [0, 0.1) is 102 Å². The molecular weight excluding hydrogens is 709 g/mol. The molecular formula is C48H63F2NO5. The lowest BCUT2D eigenvalue weighted by Gasteiger charge is -2.72. The smallest absolute Gasteiger partial charge is 0.418 e. The number of rotatable bonds is 6. The second-order valence-corrected chi connectivity index (χ2v) is 16.9. The molecule has 3 unspecified atom stereocenters. The number of aliphatic carboxylic acids is 1. The van der Waals surface area contributed by atoms with Crippen molar-refractivity contribution in [2.45, 2.75) is 112 Å². The number of terminal acetylenes is 4. The predicted molar refractivity (Wildman–Crippen MR) is 223 cm³/mol. The first-order chi connectivity index (χ1) is 26.4. The van der Waals surface area contributed by atoms with Gasteiger partial charge in [-0.25, -0.2) is 9.59 Å². The van der Waals surface area contributed by atoms with E-state index in [2.05, 4.69) is 104 Å². The molecule has 56 heavy (non-hydrogen) atoms. The highest BCUT2D eigenvalue weighted by Crippen LogP contribution is 2.77. The minimum atomic E-state index is -4.42. The van der Waals surface area contributed by atoms with Gasteiger partial charge in [-0.3, -0.25) is 4.79 Å². The Bertz CT molecular complexity index is 1640. The van der Waals surface area contributed by atoms with Crippen molar-refractivity contribution in [3.8, 4) is 51.4 Å². The highest BCUT2D eigenvalue weighted by Gasteiger charge is 2.69. The van der Waals surface area contributed by atoms with Gasteiger partial charge in [-0.2, -0.15) is 8.78 Å². The zero-order valence-electron chi connectivity index (χ0n) is 34.3. The molecule has 6 rings (SSSR count). The summed E-state index contributed by atoms with van der Waals surface area (Å²) in [4.78, 5) is 34.7. The van der Waals surface area contributed by atoms with Crippen molar-refractivity contribution in [1.82, 2.24) is 5.32 Å². The number of alkyl halides is 2. The van der Waals surface area contributed by atoms with E-state index < -0.39 is 23.8 Å². The lowest BCUT2D eigenvalue weighted by molar-refractivity contribution is -0.222. The van der Waals surface area contributed by atoms with Crippen LogP contribution >= 0.6 is 0 Å². The van der Waals surface area contributed by atoms with Crippen LogP contribution < -0.4 is 5.32 Å². The third-order valence-corrected chi connectivity index (χ3v) is 14.7. The number of amides is 1. The van der Waals surface area contributed by atoms with Crippen LogP contribution in [0.5, 0.6) is 0 Å². The number of benzene rings is 1. The molecule has 8 atom stereocenters. The average molecular weight is 772 g/mol. The number of carbonyl (C=O) groups is 3. The summed E-state index contributed by atoms with van der Waals surface area (Å²) in [5.74, 6) is -7.63. The van der Waals surface area contributed by atoms with Gasteiger partial charge in [-0.15, -0.1) is 58.0 Å². The van der Waals surface area contributed by atoms with Crippen molar-refractivity contribution in [3.63, 3.8) is 0 Å². The quantitative estimate of drug-likeness (QED) is 0.152. The van der Waals surface area contributed by atoms with Crippen molar-refractivity contribution < 1.29 is 33.4 Å². The van der Waals surface area contributed by atoms with Gasteiger partial charge in [0.05, 0.1) is 5.56 Å². The van der Waals surface area contributed by atoms with Gasteiger partial charge in [0.15, 0.2) is 0 Å². The van der Waals surface area contributed by atoms with Gasteiger partial charge in [0.1, 0.15) is 0 Å². The predicted octanol–water partition coefficient (Wildman–Crippen LogP) is 10.3. The minimum absolute atomic E-state index is 0.0692. The Morgan fingerprint density at radius 3 is 1.88 bits per heavy atom. The molecule has 5 aliphatic rings. The van der Waals surface area contributed by atoms with Crippen LogP contribution in [0.25, 0.3) is 5.57 Å². The zero-order valence-corrected chi connectivity index (χ0v) is 34.3. The Morgan fingerprint density at radius 2 is 1.36 bits per heavy atom. The number of nitrogens with one attached hydrogen (secondary N) is 1. The normalized spacial score (nSPS) is 32.7. The van der Waals surface area contributed by atoms with Crippen molar-refractivity contribution >= 4 is 23.4 Å². The average Bonchev–Trinajstić information content (AvgIpc) is 3.62. The minimum Gasteiger partial charge on any atom is -0.478 e. The number of aromatic carboxylic acids is 1. The van der Waals surface area contributed by atoms with Crippen LogP contribution in [0.15, 0.2) is 43.0 Å². The van der Waals surface area contributed by atoms with Crippen LogP contribution in [-0.4, -0.2) is 40.5 Å². The van der Waals surface area contributed by atoms with Crippen LogP contribution in [0.1, 0.15) is 122 Å². The van der Waals surface area contributed by atoms with E-state index in [0.29, 0.717) is 29.2 Å². The van der Waals surface area contributed by atoms with E-state index >= 15 is 0 Å². The summed E-state index contributed by atoms with van der Waals surface area (Å²) in [5.41, 5.74) is 2.74. The monoisotopic (exact) mass is 771 g/mol. The van der Waals surface area contributed by atoms with Crippen LogP contribution in [-0.2, 0) is 9.59 Å². The molecule has 6 nitrogen and oxygen atoms in total. The summed E-state index contributed by atoms with van der Waals surface area (Å²) in [6, 6.07) is 7.33. The number of allylic oxidation sites excluding steroid dienone is 3. The molecule has 1 amide bonds. The Hall–Kier alpha value is -4.79. The molecule has 8 heteroatoms. The second kappa shape index (κ2) is 19.4. The highest BCUT2D eigenvalue weighted by molar-refractivity contribution is 6.03. The Morgan fingerprint density at radius 1 is 0.804 bits per heavy atom. The van der Waals surface area contributed by atoms with E-state index in [9.17, 15) is 28.3 Å². The number of carboxylic acids is 2. The lowest BCUT2D eigenvalue weighted by atomic mass is 9.32. The largest absolute Gasteiger partial charge is 0.478 e. The third-order valence-electron chi connectivity index (χ3n) is 14.7. The Balaban J connectivity index is 0.00000130. The van der Waals surface area contributed by atoms with Crippen molar-refractivity contribution in [2.75, 3.05) is 6.54 Å². The number of halogens is 2. The Labute approximate surface area is 335 Å². The SMILES string of the molecule is C#C.C#C.C#C.C#C.C=CC.CC1(C)C(c2ccc(C(=O)O)cc2)=CC[C@@]2(C)C1CC[C@]1(C)C2CC[C@@H]2C3CCC[C@]3(CNC(=O)C(F)(F)C(=O)O)CC[C@]21C. The fourth-order valence-electron chi connectivity index (χ4n) is 12.4. The van der Waals surface area contributed by atoms with Crippen LogP contribution in [0.3, 0.4) is 0 Å². The summed E-state index contributed by atoms with van der Waals surface area (Å²) in [7, 11) is 0. The number of hydrogen-bond acceptors (Lipinski definition) is 3. The first-order valence-corrected chi connectivity index (χ1v) is 19.2. The zero-order chi connectivity index (χ0) is 43.5. The first-order valence-electron chi connectivity index (χ1n) is 19.2. The maximum Gasteiger partial charge on any atom is 0.418 e. The van der Waals surface area contributed by atoms with Crippen molar-refractivity contribution in [1.29, 1.82) is 0 Å². The molecule has 304 valence electrons. The number of carbonyl (C=O) groups excluding carboxylic acids is 1. The lowest BCUT2D eigenvalue weighted by Crippen LogP contribution is -2.65. The molecule has 0 aliphatic heterocycles. The van der Waals surface area contributed by atoms with Gasteiger partial charge in [-0.05, 0) is 139 Å². The van der Waals surface area contributed by atoms with Crippen molar-refractivity contribution in [2.24, 2.45) is 50.7 Å². The van der Waals surface area contributed by atoms with Crippen LogP contribution in [0.4, 0.5) is 8.78 Å². The molecule has 4 fully saturated rings. The second-order valence-electron chi connectivity index (χ2n) is 16.9. The standard InChI is InChI=1S/C37H49F2NO5.C3H6.4C2H2/c1-32(2)24(22-8-10-23(11-9-22)29(41)42)14-17-33(3)27(32)15-18-35(5)28(33)13-12-25-26-7-6-16-36(26,20-19-34(25,35)4)21-40-30(43)37(38,39)31(44)45;1-3-2;4*1-2/h8-11,14,25-28H,6-7,12-13,15-21H2,1-5H3,(H,40,43)(H,41,42)(H,44,45);3H,1H2,2H3;4*1-2H/t25-,26?,27?,28?,33+,34-,35-,36-;;;;;/m1...../s1. The van der Waals surface area contributed by atoms with Gasteiger partial charge in [0, 0.05) is 6.54 Å². The van der Waals surface area contributed by atoms with Gasteiger partial charge in [-0.1, -0.05) is 65.3 Å². The van der Waals surface area contributed by atoms with E-state index in [0.717, 1.165) is 69.8 Å². The molecule has 0 bridgehead atoms. The summed E-state index contributed by atoms with van der Waals surface area (Å²) in [6.07, 6.45) is 46.5. The molecule has 0 saturated heterocycles. The van der Waals surface area contributed by atoms with Crippen LogP contribution in [0.2, 0.25) is 0 Å². The number of hydrogen-bond donors (Lipinski definition) is 3. The highest BCUT2D eigenvalue weighted by atomic mass is 19.3. The Kier molecular flexibility index (Phi) is 17.0. The molecule has 0 spiro atoms. The molecule has 1 aromatic carbocycles. The number of carboxylic acid groups (broad SMARTS) is 2. The van der Waals surface area contributed by atoms with E-state index in [1.807, 2.05) is 19.1 Å². The van der Waals surface area contributed by atoms with E-state index in [1.165, 1.54) is 5.57 Å².